The summed E-state index contributed by atoms with van der Waals surface area (Å²) in [6, 6.07) is 28.2. The van der Waals surface area contributed by atoms with Crippen LogP contribution in [0.5, 0.6) is 0 Å². The maximum Gasteiger partial charge on any atom is 0.410 e. The zero-order valence-corrected chi connectivity index (χ0v) is 20.9. The van der Waals surface area contributed by atoms with Gasteiger partial charge in [0.1, 0.15) is 6.61 Å². The number of rotatable bonds is 4. The largest absolute Gasteiger partial charge is 0.448 e. The lowest BCUT2D eigenvalue weighted by molar-refractivity contribution is 0.0539. The van der Waals surface area contributed by atoms with Crippen LogP contribution in [0.4, 0.5) is 4.79 Å². The van der Waals surface area contributed by atoms with Crippen molar-refractivity contribution in [1.29, 1.82) is 5.26 Å². The van der Waals surface area contributed by atoms with Crippen LogP contribution in [0.3, 0.4) is 0 Å². The number of hydrogen-bond donors (Lipinski definition) is 0. The van der Waals surface area contributed by atoms with E-state index in [2.05, 4.69) is 84.9 Å². The van der Waals surface area contributed by atoms with Gasteiger partial charge in [-0.1, -0.05) is 78.9 Å². The fourth-order valence-corrected chi connectivity index (χ4v) is 6.79. The Bertz CT molecular complexity index is 1400. The molecule has 3 aromatic rings. The highest BCUT2D eigenvalue weighted by Crippen LogP contribution is 2.48. The van der Waals surface area contributed by atoms with Gasteiger partial charge in [-0.05, 0) is 77.5 Å². The average molecular weight is 487 g/mol. The molecule has 0 N–H and O–H groups in total. The minimum atomic E-state index is -0.253. The Hall–Kier alpha value is -3.84. The molecule has 2 fully saturated rings. The van der Waals surface area contributed by atoms with Gasteiger partial charge in [-0.2, -0.15) is 5.26 Å². The third kappa shape index (κ3) is 3.68. The molecule has 0 aromatic heterocycles. The second-order valence-corrected chi connectivity index (χ2v) is 11.0. The van der Waals surface area contributed by atoms with E-state index in [4.69, 9.17) is 4.74 Å². The van der Waals surface area contributed by atoms with E-state index in [1.807, 2.05) is 4.90 Å². The summed E-state index contributed by atoms with van der Waals surface area (Å²) in [6.45, 7) is 0.363. The van der Waals surface area contributed by atoms with Crippen LogP contribution in [-0.2, 0) is 10.2 Å². The number of ether oxygens (including phenoxy) is 1. The Balaban J connectivity index is 1.09. The summed E-state index contributed by atoms with van der Waals surface area (Å²) in [6.07, 6.45) is 7.98. The normalized spacial score (nSPS) is 22.9. The highest BCUT2D eigenvalue weighted by atomic mass is 16.6. The van der Waals surface area contributed by atoms with E-state index in [-0.39, 0.29) is 29.5 Å². The van der Waals surface area contributed by atoms with E-state index in [9.17, 15) is 10.1 Å². The van der Waals surface area contributed by atoms with E-state index in [0.717, 1.165) is 44.1 Å². The fraction of sp³-hybridized carbons (Fsp3) is 0.333. The minimum absolute atomic E-state index is 0.0757. The molecule has 2 aliphatic heterocycles. The van der Waals surface area contributed by atoms with Crippen molar-refractivity contribution >= 4 is 11.7 Å². The molecule has 4 heteroatoms. The number of carbonyl (C=O) groups excluding carboxylic acids is 1. The Labute approximate surface area is 218 Å². The molecule has 1 saturated heterocycles. The summed E-state index contributed by atoms with van der Waals surface area (Å²) in [7, 11) is 0. The van der Waals surface area contributed by atoms with Crippen LogP contribution in [0.25, 0.3) is 16.7 Å². The van der Waals surface area contributed by atoms with Crippen LogP contribution in [0.15, 0.2) is 78.9 Å². The molecule has 4 aliphatic rings. The van der Waals surface area contributed by atoms with E-state index in [1.54, 1.807) is 0 Å². The molecule has 3 aromatic carbocycles. The topological polar surface area (TPSA) is 53.3 Å². The number of nitrogens with zero attached hydrogens (tertiary/aromatic N) is 2. The lowest BCUT2D eigenvalue weighted by atomic mass is 9.82. The number of benzene rings is 3. The van der Waals surface area contributed by atoms with Gasteiger partial charge in [0.05, 0.1) is 17.5 Å². The molecule has 7 rings (SSSR count). The van der Waals surface area contributed by atoms with Crippen LogP contribution in [-0.4, -0.2) is 29.7 Å². The molecule has 1 amide bonds. The van der Waals surface area contributed by atoms with Crippen molar-refractivity contribution in [3.05, 3.63) is 101 Å². The van der Waals surface area contributed by atoms with Gasteiger partial charge in [0.25, 0.3) is 0 Å². The zero-order chi connectivity index (χ0) is 25.0. The molecule has 2 unspecified atom stereocenters. The SMILES string of the molecule is N#CC1(c2ccc(C3=CC4CCCC(C3)N4C(=O)OCC3c4ccccc4-c4ccccc43)cc2)CC1. The molecule has 1 saturated carbocycles. The first-order chi connectivity index (χ1) is 18.2. The van der Waals surface area contributed by atoms with Gasteiger partial charge in [-0.3, -0.25) is 4.90 Å². The maximum atomic E-state index is 13.5. The second-order valence-electron chi connectivity index (χ2n) is 11.0. The van der Waals surface area contributed by atoms with Gasteiger partial charge in [0.2, 0.25) is 0 Å². The summed E-state index contributed by atoms with van der Waals surface area (Å²) >= 11 is 0. The Morgan fingerprint density at radius 2 is 1.62 bits per heavy atom. The summed E-state index contributed by atoms with van der Waals surface area (Å²) in [5, 5.41) is 9.52. The summed E-state index contributed by atoms with van der Waals surface area (Å²) in [5.41, 5.74) is 8.38. The first kappa shape index (κ1) is 22.4. The number of hydrogen-bond acceptors (Lipinski definition) is 3. The number of amides is 1. The van der Waals surface area contributed by atoms with Crippen LogP contribution < -0.4 is 0 Å². The van der Waals surface area contributed by atoms with Gasteiger partial charge in [0.15, 0.2) is 0 Å². The average Bonchev–Trinajstić information content (AvgIpc) is 3.68. The van der Waals surface area contributed by atoms with E-state index in [1.165, 1.54) is 33.4 Å². The minimum Gasteiger partial charge on any atom is -0.448 e. The molecule has 2 atom stereocenters. The van der Waals surface area contributed by atoms with Crippen molar-refractivity contribution in [1.82, 2.24) is 4.90 Å². The molecular formula is C33H30N2O2. The standard InChI is InChI=1S/C33H30N2O2/c34-21-33(16-17-33)24-14-12-22(13-15-24)23-18-25-6-5-7-26(19-23)35(25)32(36)37-20-31-29-10-3-1-8-27(29)28-9-2-4-11-30(28)31/h1-4,8-15,18,25-26,31H,5-7,16-17,19-20H2. The summed E-state index contributed by atoms with van der Waals surface area (Å²) < 4.78 is 6.06. The summed E-state index contributed by atoms with van der Waals surface area (Å²) in [5.74, 6) is 0.0776. The highest BCUT2D eigenvalue weighted by molar-refractivity contribution is 5.79. The lowest BCUT2D eigenvalue weighted by Gasteiger charge is -2.44. The van der Waals surface area contributed by atoms with Crippen molar-refractivity contribution in [3.63, 3.8) is 0 Å². The molecule has 2 aliphatic carbocycles. The Kier molecular flexibility index (Phi) is 5.22. The van der Waals surface area contributed by atoms with E-state index >= 15 is 0 Å². The van der Waals surface area contributed by atoms with Gasteiger partial charge in [0, 0.05) is 12.0 Å². The third-order valence-corrected chi connectivity index (χ3v) is 8.96. The Morgan fingerprint density at radius 1 is 0.946 bits per heavy atom. The van der Waals surface area contributed by atoms with Crippen molar-refractivity contribution in [2.45, 2.75) is 61.9 Å². The molecular weight excluding hydrogens is 456 g/mol. The van der Waals surface area contributed by atoms with Crippen molar-refractivity contribution in [2.24, 2.45) is 0 Å². The number of nitriles is 1. The second kappa shape index (κ2) is 8.63. The first-order valence-corrected chi connectivity index (χ1v) is 13.5. The number of fused-ring (bicyclic) bond motifs is 5. The highest BCUT2D eigenvalue weighted by Gasteiger charge is 2.45. The van der Waals surface area contributed by atoms with Crippen LogP contribution in [0.2, 0.25) is 0 Å². The van der Waals surface area contributed by atoms with Gasteiger partial charge in [-0.15, -0.1) is 0 Å². The lowest BCUT2D eigenvalue weighted by Crippen LogP contribution is -2.51. The molecule has 37 heavy (non-hydrogen) atoms. The fourth-order valence-electron chi connectivity index (χ4n) is 6.79. The maximum absolute atomic E-state index is 13.5. The molecule has 2 bridgehead atoms. The van der Waals surface area contributed by atoms with Crippen LogP contribution in [0.1, 0.15) is 66.7 Å². The van der Waals surface area contributed by atoms with Gasteiger partial charge >= 0.3 is 6.09 Å². The first-order valence-electron chi connectivity index (χ1n) is 13.5. The quantitative estimate of drug-likeness (QED) is 0.392. The predicted octanol–water partition coefficient (Wildman–Crippen LogP) is 7.20. The molecule has 0 radical (unpaired) electrons. The Morgan fingerprint density at radius 3 is 2.24 bits per heavy atom. The van der Waals surface area contributed by atoms with Crippen LogP contribution >= 0.6 is 0 Å². The van der Waals surface area contributed by atoms with Crippen molar-refractivity contribution in [2.75, 3.05) is 6.61 Å². The molecule has 4 nitrogen and oxygen atoms in total. The molecule has 184 valence electrons. The monoisotopic (exact) mass is 486 g/mol. The van der Waals surface area contributed by atoms with Gasteiger partial charge < -0.3 is 4.74 Å². The van der Waals surface area contributed by atoms with Crippen LogP contribution in [0, 0.1) is 11.3 Å². The van der Waals surface area contributed by atoms with Gasteiger partial charge in [-0.25, -0.2) is 4.79 Å². The molecule has 0 spiro atoms. The van der Waals surface area contributed by atoms with Crippen molar-refractivity contribution < 1.29 is 9.53 Å². The van der Waals surface area contributed by atoms with E-state index < -0.39 is 0 Å². The predicted molar refractivity (Wildman–Crippen MR) is 144 cm³/mol. The smallest absolute Gasteiger partial charge is 0.410 e. The zero-order valence-electron chi connectivity index (χ0n) is 20.9. The third-order valence-electron chi connectivity index (χ3n) is 8.96. The molecule has 2 heterocycles. The summed E-state index contributed by atoms with van der Waals surface area (Å²) in [4.78, 5) is 15.5. The van der Waals surface area contributed by atoms with Crippen molar-refractivity contribution in [3.8, 4) is 17.2 Å². The van der Waals surface area contributed by atoms with E-state index in [0.29, 0.717) is 6.61 Å². The number of carbonyl (C=O) groups is 1. The number of piperidine rings is 1.